The highest BCUT2D eigenvalue weighted by atomic mass is 35.5. The van der Waals surface area contributed by atoms with E-state index in [1.807, 2.05) is 26.0 Å². The van der Waals surface area contributed by atoms with Crippen LogP contribution in [0.1, 0.15) is 19.4 Å². The number of hydrogen-bond donors (Lipinski definition) is 1. The lowest BCUT2D eigenvalue weighted by atomic mass is 10.1. The van der Waals surface area contributed by atoms with E-state index in [-0.39, 0.29) is 30.1 Å². The Balaban J connectivity index is 1.68. The Labute approximate surface area is 179 Å². The van der Waals surface area contributed by atoms with Crippen molar-refractivity contribution in [1.82, 2.24) is 9.89 Å². The summed E-state index contributed by atoms with van der Waals surface area (Å²) < 4.78 is 5.83. The van der Waals surface area contributed by atoms with Gasteiger partial charge in [0, 0.05) is 23.5 Å². The highest BCUT2D eigenvalue weighted by Crippen LogP contribution is 2.25. The molecular formula is C22H23ClN4O3. The van der Waals surface area contributed by atoms with Gasteiger partial charge in [0.05, 0.1) is 24.0 Å². The summed E-state index contributed by atoms with van der Waals surface area (Å²) in [7, 11) is 0. The van der Waals surface area contributed by atoms with Gasteiger partial charge in [-0.05, 0) is 37.6 Å². The zero-order chi connectivity index (χ0) is 21.3. The Morgan fingerprint density at radius 3 is 2.40 bits per heavy atom. The molecule has 7 nitrogen and oxygen atoms in total. The molecule has 1 saturated heterocycles. The molecule has 0 unspecified atom stereocenters. The van der Waals surface area contributed by atoms with Crippen molar-refractivity contribution < 1.29 is 9.53 Å². The van der Waals surface area contributed by atoms with Crippen molar-refractivity contribution in [3.63, 3.8) is 0 Å². The Kier molecular flexibility index (Phi) is 5.74. The van der Waals surface area contributed by atoms with E-state index in [9.17, 15) is 9.59 Å². The van der Waals surface area contributed by atoms with E-state index in [1.54, 1.807) is 36.4 Å². The minimum Gasteiger partial charge on any atom is -0.372 e. The molecule has 2 atom stereocenters. The number of nitrogens with one attached hydrogen (secondary N) is 1. The summed E-state index contributed by atoms with van der Waals surface area (Å²) in [4.78, 5) is 28.7. The number of fused-ring (bicyclic) bond motifs is 1. The van der Waals surface area contributed by atoms with E-state index >= 15 is 0 Å². The monoisotopic (exact) mass is 426 g/mol. The van der Waals surface area contributed by atoms with Gasteiger partial charge in [-0.1, -0.05) is 41.9 Å². The first-order chi connectivity index (χ1) is 14.4. The summed E-state index contributed by atoms with van der Waals surface area (Å²) >= 11 is 5.90. The van der Waals surface area contributed by atoms with E-state index in [2.05, 4.69) is 15.4 Å². The van der Waals surface area contributed by atoms with Crippen molar-refractivity contribution in [2.45, 2.75) is 32.5 Å². The van der Waals surface area contributed by atoms with Gasteiger partial charge in [0.15, 0.2) is 5.82 Å². The number of hydrogen-bond acceptors (Lipinski definition) is 5. The van der Waals surface area contributed by atoms with Crippen molar-refractivity contribution in [1.29, 1.82) is 0 Å². The van der Waals surface area contributed by atoms with Gasteiger partial charge in [0.1, 0.15) is 0 Å². The average Bonchev–Trinajstić information content (AvgIpc) is 2.71. The van der Waals surface area contributed by atoms with Crippen LogP contribution in [0.25, 0.3) is 10.8 Å². The first-order valence-electron chi connectivity index (χ1n) is 9.87. The Morgan fingerprint density at radius 1 is 1.10 bits per heavy atom. The summed E-state index contributed by atoms with van der Waals surface area (Å²) in [6, 6.07) is 14.3. The van der Waals surface area contributed by atoms with E-state index in [4.69, 9.17) is 16.3 Å². The number of ether oxygens (including phenoxy) is 1. The maximum absolute atomic E-state index is 12.9. The molecule has 0 aliphatic carbocycles. The van der Waals surface area contributed by atoms with Crippen LogP contribution in [0, 0.1) is 0 Å². The number of carbonyl (C=O) groups is 1. The van der Waals surface area contributed by atoms with Crippen LogP contribution in [0.3, 0.4) is 0 Å². The van der Waals surface area contributed by atoms with E-state index in [0.717, 1.165) is 15.7 Å². The summed E-state index contributed by atoms with van der Waals surface area (Å²) in [6.45, 7) is 5.32. The predicted molar refractivity (Wildman–Crippen MR) is 118 cm³/mol. The number of benzene rings is 2. The number of amides is 1. The SMILES string of the molecule is C[C@@H]1CN(c2nn(NC(=O)Cc3ccc(Cl)cc3)c(=O)c3ccccc23)C[C@H](C)O1. The number of rotatable bonds is 4. The number of anilines is 1. The lowest BCUT2D eigenvalue weighted by Gasteiger charge is -2.36. The maximum Gasteiger partial charge on any atom is 0.294 e. The molecule has 156 valence electrons. The molecule has 1 aliphatic rings. The third-order valence-corrected chi connectivity index (χ3v) is 5.27. The number of carbonyl (C=O) groups excluding carboxylic acids is 1. The van der Waals surface area contributed by atoms with Gasteiger partial charge in [0.2, 0.25) is 5.91 Å². The van der Waals surface area contributed by atoms with Crippen molar-refractivity contribution in [3.8, 4) is 0 Å². The molecule has 0 bridgehead atoms. The van der Waals surface area contributed by atoms with Crippen LogP contribution < -0.4 is 15.9 Å². The number of aromatic nitrogens is 2. The second kappa shape index (κ2) is 8.45. The number of morpholine rings is 1. The van der Waals surface area contributed by atoms with Crippen molar-refractivity contribution in [2.24, 2.45) is 0 Å². The van der Waals surface area contributed by atoms with E-state index < -0.39 is 0 Å². The van der Waals surface area contributed by atoms with Gasteiger partial charge in [-0.25, -0.2) is 5.43 Å². The topological polar surface area (TPSA) is 76.5 Å². The van der Waals surface area contributed by atoms with Crippen LogP contribution in [0.4, 0.5) is 5.82 Å². The lowest BCUT2D eigenvalue weighted by Crippen LogP contribution is -2.47. The second-order valence-corrected chi connectivity index (χ2v) is 8.02. The highest BCUT2D eigenvalue weighted by molar-refractivity contribution is 6.30. The Hall–Kier alpha value is -2.90. The van der Waals surface area contributed by atoms with Gasteiger partial charge in [-0.15, -0.1) is 9.89 Å². The molecule has 1 aliphatic heterocycles. The molecule has 8 heteroatoms. The molecule has 3 aromatic rings. The molecule has 1 amide bonds. The molecule has 1 fully saturated rings. The fourth-order valence-corrected chi connectivity index (χ4v) is 3.90. The minimum atomic E-state index is -0.367. The molecule has 2 heterocycles. The summed E-state index contributed by atoms with van der Waals surface area (Å²) in [5, 5.41) is 6.37. The van der Waals surface area contributed by atoms with Gasteiger partial charge in [-0.3, -0.25) is 9.59 Å². The Bertz CT molecular complexity index is 1120. The minimum absolute atomic E-state index is 0.0363. The third kappa shape index (κ3) is 4.32. The van der Waals surface area contributed by atoms with Crippen LogP contribution in [0.5, 0.6) is 0 Å². The largest absolute Gasteiger partial charge is 0.372 e. The van der Waals surface area contributed by atoms with E-state index in [0.29, 0.717) is 29.3 Å². The van der Waals surface area contributed by atoms with Gasteiger partial charge in [0.25, 0.3) is 5.56 Å². The summed E-state index contributed by atoms with van der Waals surface area (Å²) in [6.07, 6.45) is 0.183. The molecule has 0 spiro atoms. The average molecular weight is 427 g/mol. The van der Waals surface area contributed by atoms with Gasteiger partial charge in [-0.2, -0.15) is 0 Å². The fraction of sp³-hybridized carbons (Fsp3) is 0.318. The Morgan fingerprint density at radius 2 is 1.73 bits per heavy atom. The molecule has 2 aromatic carbocycles. The zero-order valence-corrected chi connectivity index (χ0v) is 17.6. The van der Waals surface area contributed by atoms with Crippen LogP contribution >= 0.6 is 11.6 Å². The zero-order valence-electron chi connectivity index (χ0n) is 16.8. The first-order valence-corrected chi connectivity index (χ1v) is 10.3. The van der Waals surface area contributed by atoms with Crippen LogP contribution in [-0.2, 0) is 16.0 Å². The highest BCUT2D eigenvalue weighted by Gasteiger charge is 2.26. The summed E-state index contributed by atoms with van der Waals surface area (Å²) in [5.41, 5.74) is 3.06. The molecule has 30 heavy (non-hydrogen) atoms. The molecule has 4 rings (SSSR count). The van der Waals surface area contributed by atoms with Crippen molar-refractivity contribution in [2.75, 3.05) is 23.4 Å². The molecular weight excluding hydrogens is 404 g/mol. The van der Waals surface area contributed by atoms with E-state index in [1.165, 1.54) is 0 Å². The number of halogens is 1. The molecule has 0 saturated carbocycles. The van der Waals surface area contributed by atoms with Crippen LogP contribution in [-0.4, -0.2) is 41.1 Å². The van der Waals surface area contributed by atoms with Crippen molar-refractivity contribution >= 4 is 34.1 Å². The standard InChI is InChI=1S/C22H23ClN4O3/c1-14-12-26(13-15(2)30-14)21-18-5-3-4-6-19(18)22(29)27(25-21)24-20(28)11-16-7-9-17(23)10-8-16/h3-10,14-15H,11-13H2,1-2H3,(H,24,28)/t14-,15+. The fourth-order valence-electron chi connectivity index (χ4n) is 3.78. The van der Waals surface area contributed by atoms with Gasteiger partial charge >= 0.3 is 0 Å². The quantitative estimate of drug-likeness (QED) is 0.694. The first kappa shape index (κ1) is 20.4. The predicted octanol–water partition coefficient (Wildman–Crippen LogP) is 2.98. The van der Waals surface area contributed by atoms with Gasteiger partial charge < -0.3 is 9.64 Å². The third-order valence-electron chi connectivity index (χ3n) is 5.01. The molecule has 0 radical (unpaired) electrons. The maximum atomic E-state index is 12.9. The number of nitrogens with zero attached hydrogens (tertiary/aromatic N) is 3. The molecule has 1 N–H and O–H groups in total. The van der Waals surface area contributed by atoms with Crippen molar-refractivity contribution in [3.05, 3.63) is 69.5 Å². The summed E-state index contributed by atoms with van der Waals surface area (Å²) in [5.74, 6) is 0.316. The second-order valence-electron chi connectivity index (χ2n) is 7.59. The van der Waals surface area contributed by atoms with Crippen LogP contribution in [0.2, 0.25) is 5.02 Å². The smallest absolute Gasteiger partial charge is 0.294 e. The lowest BCUT2D eigenvalue weighted by molar-refractivity contribution is -0.116. The molecule has 1 aromatic heterocycles. The normalized spacial score (nSPS) is 19.1. The van der Waals surface area contributed by atoms with Crippen LogP contribution in [0.15, 0.2) is 53.3 Å².